The Morgan fingerprint density at radius 2 is 1.81 bits per heavy atom. The molecule has 0 unspecified atom stereocenters. The van der Waals surface area contributed by atoms with Crippen LogP contribution in [0.15, 0.2) is 24.3 Å². The molecule has 4 heteroatoms. The van der Waals surface area contributed by atoms with Gasteiger partial charge in [0.05, 0.1) is 5.52 Å². The summed E-state index contributed by atoms with van der Waals surface area (Å²) in [6.45, 7) is 7.90. The molecule has 0 bridgehead atoms. The monoisotopic (exact) mass is 221 g/mol. The van der Waals surface area contributed by atoms with Crippen molar-refractivity contribution in [3.63, 3.8) is 0 Å². The second-order valence-corrected chi connectivity index (χ2v) is 3.64. The zero-order valence-corrected chi connectivity index (χ0v) is 10.6. The largest absolute Gasteiger partial charge is 0.358 e. The predicted octanol–water partition coefficient (Wildman–Crippen LogP) is 2.80. The van der Waals surface area contributed by atoms with Crippen LogP contribution < -0.4 is 0 Å². The van der Waals surface area contributed by atoms with Crippen molar-refractivity contribution in [3.05, 3.63) is 24.3 Å². The van der Waals surface area contributed by atoms with Crippen LogP contribution in [0.4, 0.5) is 0 Å². The van der Waals surface area contributed by atoms with E-state index < -0.39 is 5.72 Å². The van der Waals surface area contributed by atoms with E-state index in [2.05, 4.69) is 10.3 Å². The molecule has 16 heavy (non-hydrogen) atoms. The Kier molecular flexibility index (Phi) is 4.01. The van der Waals surface area contributed by atoms with Crippen LogP contribution in [-0.2, 0) is 10.5 Å². The highest BCUT2D eigenvalue weighted by Gasteiger charge is 2.22. The highest BCUT2D eigenvalue weighted by atomic mass is 16.5. The zero-order valence-electron chi connectivity index (χ0n) is 10.6. The van der Waals surface area contributed by atoms with Crippen LogP contribution in [-0.4, -0.2) is 22.1 Å². The Labute approximate surface area is 96.2 Å². The fraction of sp³-hybridized carbons (Fsp3) is 0.500. The van der Waals surface area contributed by atoms with Gasteiger partial charge in [-0.15, -0.1) is 5.10 Å². The van der Waals surface area contributed by atoms with Crippen LogP contribution in [0.1, 0.15) is 27.7 Å². The van der Waals surface area contributed by atoms with Crippen LogP contribution in [0.2, 0.25) is 0 Å². The third kappa shape index (κ3) is 2.22. The van der Waals surface area contributed by atoms with Gasteiger partial charge in [0.2, 0.25) is 0 Å². The van der Waals surface area contributed by atoms with Crippen molar-refractivity contribution in [3.8, 4) is 0 Å². The van der Waals surface area contributed by atoms with Gasteiger partial charge in [0, 0.05) is 7.11 Å². The third-order valence-corrected chi connectivity index (χ3v) is 2.36. The van der Waals surface area contributed by atoms with Gasteiger partial charge in [-0.3, -0.25) is 0 Å². The lowest BCUT2D eigenvalue weighted by Gasteiger charge is -2.23. The summed E-state index contributed by atoms with van der Waals surface area (Å²) in [5.74, 6) is 0. The van der Waals surface area contributed by atoms with E-state index in [1.807, 2.05) is 52.0 Å². The van der Waals surface area contributed by atoms with Crippen LogP contribution in [0.25, 0.3) is 11.0 Å². The van der Waals surface area contributed by atoms with Crippen molar-refractivity contribution in [1.29, 1.82) is 0 Å². The lowest BCUT2D eigenvalue weighted by molar-refractivity contribution is -0.0525. The van der Waals surface area contributed by atoms with E-state index in [0.717, 1.165) is 11.0 Å². The number of aromatic nitrogens is 3. The molecule has 0 spiro atoms. The van der Waals surface area contributed by atoms with Gasteiger partial charge in [0.1, 0.15) is 5.52 Å². The molecule has 0 N–H and O–H groups in total. The zero-order chi connectivity index (χ0) is 12.2. The number of hydrogen-bond donors (Lipinski definition) is 0. The second-order valence-electron chi connectivity index (χ2n) is 3.64. The highest BCUT2D eigenvalue weighted by molar-refractivity contribution is 5.74. The summed E-state index contributed by atoms with van der Waals surface area (Å²) < 4.78 is 7.13. The number of benzene rings is 1. The summed E-state index contributed by atoms with van der Waals surface area (Å²) in [7, 11) is 1.66. The van der Waals surface area contributed by atoms with Crippen molar-refractivity contribution < 1.29 is 4.74 Å². The Morgan fingerprint density at radius 1 is 1.19 bits per heavy atom. The second kappa shape index (κ2) is 5.07. The minimum absolute atomic E-state index is 0.462. The first kappa shape index (κ1) is 12.6. The van der Waals surface area contributed by atoms with E-state index in [0.29, 0.717) is 0 Å². The first-order valence-electron chi connectivity index (χ1n) is 5.51. The van der Waals surface area contributed by atoms with Gasteiger partial charge >= 0.3 is 0 Å². The van der Waals surface area contributed by atoms with Crippen molar-refractivity contribution in [2.24, 2.45) is 0 Å². The first-order chi connectivity index (χ1) is 7.65. The van der Waals surface area contributed by atoms with Crippen LogP contribution >= 0.6 is 0 Å². The number of ether oxygens (including phenoxy) is 1. The molecule has 1 aromatic heterocycles. The van der Waals surface area contributed by atoms with Crippen LogP contribution in [0, 0.1) is 0 Å². The molecule has 2 aromatic rings. The highest BCUT2D eigenvalue weighted by Crippen LogP contribution is 2.20. The molecule has 0 aliphatic carbocycles. The molecule has 0 saturated carbocycles. The predicted molar refractivity (Wildman–Crippen MR) is 65.2 cm³/mol. The lowest BCUT2D eigenvalue weighted by atomic mass is 10.2. The molecule has 0 aliphatic rings. The number of nitrogens with zero attached hydrogens (tertiary/aromatic N) is 3. The summed E-state index contributed by atoms with van der Waals surface area (Å²) in [4.78, 5) is 0. The average molecular weight is 221 g/mol. The number of fused-ring (bicyclic) bond motifs is 1. The Morgan fingerprint density at radius 3 is 2.44 bits per heavy atom. The van der Waals surface area contributed by atoms with E-state index >= 15 is 0 Å². The Balaban J connectivity index is 0.000000606. The molecule has 1 aromatic carbocycles. The van der Waals surface area contributed by atoms with Crippen molar-refractivity contribution in [2.45, 2.75) is 33.4 Å². The SMILES string of the molecule is CC.COC(C)(C)n1nnc2ccccc21. The number of methoxy groups -OCH3 is 1. The maximum atomic E-state index is 5.35. The standard InChI is InChI=1S/C10H13N3O.C2H6/c1-10(2,14-3)13-9-7-5-4-6-8(9)11-12-13;1-2/h4-7H,1-3H3;1-2H3. The fourth-order valence-corrected chi connectivity index (χ4v) is 1.35. The number of rotatable bonds is 2. The van der Waals surface area contributed by atoms with E-state index in [-0.39, 0.29) is 0 Å². The van der Waals surface area contributed by atoms with Gasteiger partial charge in [-0.1, -0.05) is 31.2 Å². The smallest absolute Gasteiger partial charge is 0.157 e. The van der Waals surface area contributed by atoms with Crippen molar-refractivity contribution >= 4 is 11.0 Å². The number of hydrogen-bond acceptors (Lipinski definition) is 3. The molecular weight excluding hydrogens is 202 g/mol. The Hall–Kier alpha value is -1.42. The molecule has 1 heterocycles. The maximum absolute atomic E-state index is 5.35. The van der Waals surface area contributed by atoms with E-state index in [1.165, 1.54) is 0 Å². The molecule has 0 amide bonds. The van der Waals surface area contributed by atoms with E-state index in [9.17, 15) is 0 Å². The number of para-hydroxylation sites is 1. The van der Waals surface area contributed by atoms with Crippen molar-refractivity contribution in [1.82, 2.24) is 15.0 Å². The minimum atomic E-state index is -0.462. The average Bonchev–Trinajstić information content (AvgIpc) is 2.76. The molecule has 0 aliphatic heterocycles. The van der Waals surface area contributed by atoms with Gasteiger partial charge in [0.15, 0.2) is 5.72 Å². The molecule has 2 rings (SSSR count). The normalized spacial score (nSPS) is 11.1. The topological polar surface area (TPSA) is 39.9 Å². The molecule has 88 valence electrons. The summed E-state index contributed by atoms with van der Waals surface area (Å²) in [5, 5.41) is 8.15. The van der Waals surface area contributed by atoms with E-state index in [4.69, 9.17) is 4.74 Å². The first-order valence-corrected chi connectivity index (χ1v) is 5.51. The molecule has 4 nitrogen and oxygen atoms in total. The van der Waals surface area contributed by atoms with Gasteiger partial charge < -0.3 is 4.74 Å². The summed E-state index contributed by atoms with van der Waals surface area (Å²) >= 11 is 0. The van der Waals surface area contributed by atoms with Crippen LogP contribution in [0.5, 0.6) is 0 Å². The molecule has 0 fully saturated rings. The summed E-state index contributed by atoms with van der Waals surface area (Å²) in [6, 6.07) is 7.83. The molecule has 0 radical (unpaired) electrons. The molecular formula is C12H19N3O. The molecule has 0 saturated heterocycles. The van der Waals surface area contributed by atoms with Crippen molar-refractivity contribution in [2.75, 3.05) is 7.11 Å². The maximum Gasteiger partial charge on any atom is 0.157 e. The van der Waals surface area contributed by atoms with Crippen LogP contribution in [0.3, 0.4) is 0 Å². The van der Waals surface area contributed by atoms with Gasteiger partial charge in [0.25, 0.3) is 0 Å². The summed E-state index contributed by atoms with van der Waals surface area (Å²) in [5.41, 5.74) is 1.41. The molecule has 0 atom stereocenters. The van der Waals surface area contributed by atoms with E-state index in [1.54, 1.807) is 11.8 Å². The Bertz CT molecular complexity index is 448. The summed E-state index contributed by atoms with van der Waals surface area (Å²) in [6.07, 6.45) is 0. The minimum Gasteiger partial charge on any atom is -0.358 e. The van der Waals surface area contributed by atoms with Gasteiger partial charge in [-0.2, -0.15) is 0 Å². The third-order valence-electron chi connectivity index (χ3n) is 2.36. The lowest BCUT2D eigenvalue weighted by Crippen LogP contribution is -2.29. The quantitative estimate of drug-likeness (QED) is 0.782. The van der Waals surface area contributed by atoms with Gasteiger partial charge in [-0.05, 0) is 26.0 Å². The fourth-order valence-electron chi connectivity index (χ4n) is 1.35. The van der Waals surface area contributed by atoms with Gasteiger partial charge in [-0.25, -0.2) is 4.68 Å².